The number of anilines is 1. The number of carbonyl (C=O) groups is 2. The number of aromatic nitrogens is 4. The number of rotatable bonds is 6. The number of methoxy groups -OCH3 is 1. The maximum Gasteiger partial charge on any atom is 0.270 e. The number of hydrogen-bond acceptors (Lipinski definition) is 9. The van der Waals surface area contributed by atoms with Gasteiger partial charge in [0.1, 0.15) is 21.8 Å². The summed E-state index contributed by atoms with van der Waals surface area (Å²) in [6.07, 6.45) is 4.49. The van der Waals surface area contributed by atoms with Crippen LogP contribution >= 0.6 is 11.3 Å². The highest BCUT2D eigenvalue weighted by Gasteiger charge is 2.20. The van der Waals surface area contributed by atoms with E-state index in [2.05, 4.69) is 30.8 Å². The fraction of sp³-hybridized carbons (Fsp3) is 0.250. The number of hydrogen-bond donors (Lipinski definition) is 2. The molecule has 4 heterocycles. The fourth-order valence-electron chi connectivity index (χ4n) is 3.85. The SMILES string of the molecule is COc1ccccc1-c1cnncc1C(=O)Nc1nc2ccc(C(=O)NC3CCOCC3)nc2s1. The number of nitrogens with one attached hydrogen (secondary N) is 2. The van der Waals surface area contributed by atoms with Crippen molar-refractivity contribution in [1.82, 2.24) is 25.5 Å². The van der Waals surface area contributed by atoms with Crippen LogP contribution in [0.5, 0.6) is 5.75 Å². The maximum absolute atomic E-state index is 13.1. The van der Waals surface area contributed by atoms with Crippen LogP contribution in [0.1, 0.15) is 33.7 Å². The number of benzene rings is 1. The van der Waals surface area contributed by atoms with Crippen molar-refractivity contribution in [1.29, 1.82) is 0 Å². The van der Waals surface area contributed by atoms with E-state index in [1.807, 2.05) is 24.3 Å². The van der Waals surface area contributed by atoms with E-state index in [4.69, 9.17) is 9.47 Å². The zero-order chi connectivity index (χ0) is 24.2. The minimum absolute atomic E-state index is 0.0801. The highest BCUT2D eigenvalue weighted by molar-refractivity contribution is 7.22. The Morgan fingerprint density at radius 2 is 1.80 bits per heavy atom. The minimum Gasteiger partial charge on any atom is -0.496 e. The van der Waals surface area contributed by atoms with Crippen molar-refractivity contribution in [3.8, 4) is 16.9 Å². The van der Waals surface area contributed by atoms with Crippen molar-refractivity contribution in [2.75, 3.05) is 25.6 Å². The molecule has 1 aliphatic rings. The number of amides is 2. The molecule has 11 heteroatoms. The monoisotopic (exact) mass is 490 g/mol. The Hall–Kier alpha value is -3.96. The third kappa shape index (κ3) is 4.96. The summed E-state index contributed by atoms with van der Waals surface area (Å²) in [5.41, 5.74) is 2.53. The molecular weight excluding hydrogens is 468 g/mol. The van der Waals surface area contributed by atoms with E-state index in [0.29, 0.717) is 51.3 Å². The maximum atomic E-state index is 13.1. The van der Waals surface area contributed by atoms with Gasteiger partial charge in [-0.25, -0.2) is 9.97 Å². The lowest BCUT2D eigenvalue weighted by atomic mass is 10.0. The van der Waals surface area contributed by atoms with Gasteiger partial charge in [-0.2, -0.15) is 10.2 Å². The molecule has 2 amide bonds. The molecule has 35 heavy (non-hydrogen) atoms. The smallest absolute Gasteiger partial charge is 0.270 e. The summed E-state index contributed by atoms with van der Waals surface area (Å²) >= 11 is 1.19. The van der Waals surface area contributed by atoms with Crippen LogP contribution in [0, 0.1) is 0 Å². The van der Waals surface area contributed by atoms with Gasteiger partial charge in [0.25, 0.3) is 11.8 Å². The average molecular weight is 491 g/mol. The summed E-state index contributed by atoms with van der Waals surface area (Å²) in [6, 6.07) is 10.8. The number of thiazole rings is 1. The van der Waals surface area contributed by atoms with E-state index in [-0.39, 0.29) is 11.9 Å². The van der Waals surface area contributed by atoms with Crippen LogP contribution in [-0.2, 0) is 4.74 Å². The molecule has 1 aliphatic heterocycles. The summed E-state index contributed by atoms with van der Waals surface area (Å²) < 4.78 is 10.8. The standard InChI is InChI=1S/C24H22N6O4S/c1-33-20-5-3-2-4-15(20)16-12-25-26-13-17(16)21(31)30-24-29-19-7-6-18(28-23(19)35-24)22(32)27-14-8-10-34-11-9-14/h2-7,12-14H,8-11H2,1H3,(H,27,32)(H,29,30,31). The quantitative estimate of drug-likeness (QED) is 0.421. The highest BCUT2D eigenvalue weighted by atomic mass is 32.1. The van der Waals surface area contributed by atoms with E-state index in [0.717, 1.165) is 18.4 Å². The number of para-hydroxylation sites is 1. The van der Waals surface area contributed by atoms with E-state index >= 15 is 0 Å². The molecule has 0 spiro atoms. The van der Waals surface area contributed by atoms with Gasteiger partial charge in [0, 0.05) is 30.4 Å². The molecule has 1 fully saturated rings. The second kappa shape index (κ2) is 10.1. The Bertz CT molecular complexity index is 1390. The Labute approximate surface area is 204 Å². The molecule has 10 nitrogen and oxygen atoms in total. The van der Waals surface area contributed by atoms with Crippen LogP contribution in [0.25, 0.3) is 21.5 Å². The number of ether oxygens (including phenoxy) is 2. The van der Waals surface area contributed by atoms with Crippen LogP contribution in [0.3, 0.4) is 0 Å². The predicted molar refractivity (Wildman–Crippen MR) is 131 cm³/mol. The lowest BCUT2D eigenvalue weighted by Crippen LogP contribution is -2.39. The number of pyridine rings is 1. The molecule has 1 saturated heterocycles. The predicted octanol–water partition coefficient (Wildman–Crippen LogP) is 3.32. The second-order valence-electron chi connectivity index (χ2n) is 7.87. The summed E-state index contributed by atoms with van der Waals surface area (Å²) in [7, 11) is 1.57. The molecule has 4 aromatic rings. The highest BCUT2D eigenvalue weighted by Crippen LogP contribution is 2.32. The van der Waals surface area contributed by atoms with Crippen molar-refractivity contribution < 1.29 is 19.1 Å². The molecule has 0 atom stereocenters. The lowest BCUT2D eigenvalue weighted by Gasteiger charge is -2.22. The van der Waals surface area contributed by atoms with Crippen molar-refractivity contribution >= 4 is 38.6 Å². The molecule has 0 bridgehead atoms. The van der Waals surface area contributed by atoms with Gasteiger partial charge in [0.15, 0.2) is 5.13 Å². The summed E-state index contributed by atoms with van der Waals surface area (Å²) in [5.74, 6) is -0.00950. The number of fused-ring (bicyclic) bond motifs is 1. The van der Waals surface area contributed by atoms with Gasteiger partial charge in [-0.3, -0.25) is 14.9 Å². The van der Waals surface area contributed by atoms with Gasteiger partial charge in [-0.1, -0.05) is 29.5 Å². The van der Waals surface area contributed by atoms with Crippen molar-refractivity contribution in [3.63, 3.8) is 0 Å². The van der Waals surface area contributed by atoms with Crippen LogP contribution in [0.15, 0.2) is 48.8 Å². The first-order valence-corrected chi connectivity index (χ1v) is 11.9. The van der Waals surface area contributed by atoms with Crippen molar-refractivity contribution in [3.05, 3.63) is 60.0 Å². The third-order valence-electron chi connectivity index (χ3n) is 5.64. The van der Waals surface area contributed by atoms with Gasteiger partial charge >= 0.3 is 0 Å². The van der Waals surface area contributed by atoms with Gasteiger partial charge < -0.3 is 14.8 Å². The van der Waals surface area contributed by atoms with Gasteiger partial charge in [-0.05, 0) is 31.0 Å². The van der Waals surface area contributed by atoms with E-state index in [1.165, 1.54) is 23.7 Å². The van der Waals surface area contributed by atoms with E-state index in [9.17, 15) is 9.59 Å². The van der Waals surface area contributed by atoms with E-state index < -0.39 is 5.91 Å². The zero-order valence-electron chi connectivity index (χ0n) is 18.9. The first kappa shape index (κ1) is 22.8. The summed E-state index contributed by atoms with van der Waals surface area (Å²) in [6.45, 7) is 1.28. The molecule has 1 aromatic carbocycles. The molecule has 178 valence electrons. The third-order valence-corrected chi connectivity index (χ3v) is 6.52. The molecule has 0 saturated carbocycles. The fourth-order valence-corrected chi connectivity index (χ4v) is 4.68. The Morgan fingerprint density at radius 1 is 1.00 bits per heavy atom. The summed E-state index contributed by atoms with van der Waals surface area (Å²) in [5, 5.41) is 14.0. The average Bonchev–Trinajstić information content (AvgIpc) is 3.30. The second-order valence-corrected chi connectivity index (χ2v) is 8.85. The molecule has 2 N–H and O–H groups in total. The van der Waals surface area contributed by atoms with Crippen molar-refractivity contribution in [2.24, 2.45) is 0 Å². The Kier molecular flexibility index (Phi) is 6.59. The van der Waals surface area contributed by atoms with Gasteiger partial charge in [0.05, 0.1) is 25.1 Å². The molecular formula is C24H22N6O4S. The molecule has 0 radical (unpaired) electrons. The first-order valence-electron chi connectivity index (χ1n) is 11.0. The van der Waals surface area contributed by atoms with Crippen LogP contribution in [0.4, 0.5) is 5.13 Å². The van der Waals surface area contributed by atoms with Crippen molar-refractivity contribution in [2.45, 2.75) is 18.9 Å². The topological polar surface area (TPSA) is 128 Å². The van der Waals surface area contributed by atoms with Crippen LogP contribution in [-0.4, -0.2) is 58.3 Å². The van der Waals surface area contributed by atoms with E-state index in [1.54, 1.807) is 19.2 Å². The molecule has 3 aromatic heterocycles. The van der Waals surface area contributed by atoms with Crippen LogP contribution in [0.2, 0.25) is 0 Å². The number of carbonyl (C=O) groups excluding carboxylic acids is 2. The molecule has 5 rings (SSSR count). The number of nitrogens with zero attached hydrogens (tertiary/aromatic N) is 4. The largest absolute Gasteiger partial charge is 0.496 e. The minimum atomic E-state index is -0.391. The Morgan fingerprint density at radius 3 is 2.63 bits per heavy atom. The Balaban J connectivity index is 1.36. The molecule has 0 unspecified atom stereocenters. The normalized spacial score (nSPS) is 14.0. The van der Waals surface area contributed by atoms with Crippen LogP contribution < -0.4 is 15.4 Å². The lowest BCUT2D eigenvalue weighted by molar-refractivity contribution is 0.0694. The zero-order valence-corrected chi connectivity index (χ0v) is 19.7. The molecule has 0 aliphatic carbocycles. The first-order chi connectivity index (χ1) is 17.1. The van der Waals surface area contributed by atoms with Gasteiger partial charge in [-0.15, -0.1) is 0 Å². The summed E-state index contributed by atoms with van der Waals surface area (Å²) in [4.78, 5) is 35.2. The van der Waals surface area contributed by atoms with Gasteiger partial charge in [0.2, 0.25) is 0 Å².